The van der Waals surface area contributed by atoms with E-state index in [0.29, 0.717) is 4.90 Å². The molecule has 1 aliphatic carbocycles. The third-order valence-corrected chi connectivity index (χ3v) is 7.00. The van der Waals surface area contributed by atoms with Gasteiger partial charge in [0, 0.05) is 11.3 Å². The molecule has 0 unspecified atom stereocenters. The number of rotatable bonds is 4. The molecule has 31 heavy (non-hydrogen) atoms. The number of ether oxygens (including phenoxy) is 2. The average Bonchev–Trinajstić information content (AvgIpc) is 3.20. The number of phenolic OH excluding ortho intramolecular Hbond substituents is 1. The van der Waals surface area contributed by atoms with Crippen molar-refractivity contribution in [2.75, 3.05) is 0 Å². The van der Waals surface area contributed by atoms with E-state index in [2.05, 4.69) is 0 Å². The quantitative estimate of drug-likeness (QED) is 0.583. The largest absolute Gasteiger partial charge is 0.507 e. The minimum Gasteiger partial charge on any atom is -0.507 e. The molecule has 4 nitrogen and oxygen atoms in total. The Bertz CT molecular complexity index is 1050. The summed E-state index contributed by atoms with van der Waals surface area (Å²) >= 11 is 1.41. The summed E-state index contributed by atoms with van der Waals surface area (Å²) in [5.74, 6) is -0.881. The minimum atomic E-state index is -1.08. The van der Waals surface area contributed by atoms with Crippen LogP contribution in [0.3, 0.4) is 0 Å². The minimum absolute atomic E-state index is 0.0187. The lowest BCUT2D eigenvalue weighted by atomic mass is 9.99. The molecule has 0 radical (unpaired) electrons. The summed E-state index contributed by atoms with van der Waals surface area (Å²) in [6.07, 6.45) is 2.91. The van der Waals surface area contributed by atoms with E-state index in [1.807, 2.05) is 72.8 Å². The molecule has 0 bridgehead atoms. The fourth-order valence-corrected chi connectivity index (χ4v) is 5.35. The molecule has 1 saturated heterocycles. The van der Waals surface area contributed by atoms with E-state index in [-0.39, 0.29) is 35.4 Å². The van der Waals surface area contributed by atoms with Gasteiger partial charge in [-0.3, -0.25) is 4.79 Å². The zero-order chi connectivity index (χ0) is 21.3. The molecule has 1 fully saturated rings. The zero-order valence-electron chi connectivity index (χ0n) is 16.8. The number of carbonyl (C=O) groups is 1. The maximum absolute atomic E-state index is 12.3. The lowest BCUT2D eigenvalue weighted by Crippen LogP contribution is -2.43. The second-order valence-electron chi connectivity index (χ2n) is 7.70. The van der Waals surface area contributed by atoms with Gasteiger partial charge in [-0.25, -0.2) is 0 Å². The van der Waals surface area contributed by atoms with Crippen molar-refractivity contribution in [2.24, 2.45) is 0 Å². The van der Waals surface area contributed by atoms with Gasteiger partial charge in [-0.05, 0) is 35.4 Å². The second kappa shape index (κ2) is 8.35. The molecule has 5 rings (SSSR count). The fraction of sp³-hybridized carbons (Fsp3) is 0.192. The highest BCUT2D eigenvalue weighted by Gasteiger charge is 2.54. The summed E-state index contributed by atoms with van der Waals surface area (Å²) in [4.78, 5) is 13.0. The number of aromatic hydroxyl groups is 1. The Balaban J connectivity index is 1.55. The van der Waals surface area contributed by atoms with Gasteiger partial charge in [0.1, 0.15) is 18.0 Å². The van der Waals surface area contributed by atoms with Crippen molar-refractivity contribution in [3.63, 3.8) is 0 Å². The summed E-state index contributed by atoms with van der Waals surface area (Å²) < 4.78 is 13.3. The van der Waals surface area contributed by atoms with Gasteiger partial charge in [-0.15, -0.1) is 11.8 Å². The van der Waals surface area contributed by atoms with Gasteiger partial charge < -0.3 is 14.6 Å². The molecule has 0 saturated carbocycles. The number of thioether (sulfide) groups is 1. The molecule has 3 aromatic rings. The Labute approximate surface area is 185 Å². The second-order valence-corrected chi connectivity index (χ2v) is 8.94. The lowest BCUT2D eigenvalue weighted by Gasteiger charge is -2.35. The molecular formula is C26H22O4S. The third kappa shape index (κ3) is 3.92. The van der Waals surface area contributed by atoms with Gasteiger partial charge >= 0.3 is 0 Å². The first kappa shape index (κ1) is 20.1. The van der Waals surface area contributed by atoms with E-state index in [0.717, 1.165) is 11.1 Å². The molecule has 1 spiro atoms. The van der Waals surface area contributed by atoms with Crippen LogP contribution in [0.4, 0.5) is 0 Å². The van der Waals surface area contributed by atoms with Crippen LogP contribution in [0.15, 0.2) is 102 Å². The normalized spacial score (nSPS) is 24.5. The van der Waals surface area contributed by atoms with Gasteiger partial charge in [0.05, 0.1) is 5.25 Å². The molecule has 1 heterocycles. The first-order valence-electron chi connectivity index (χ1n) is 10.3. The van der Waals surface area contributed by atoms with Crippen LogP contribution in [0.25, 0.3) is 0 Å². The third-order valence-electron chi connectivity index (χ3n) is 5.62. The Hall–Kier alpha value is -2.86. The first-order chi connectivity index (χ1) is 15.1. The maximum Gasteiger partial charge on any atom is 0.202 e. The molecule has 1 N–H and O–H groups in total. The van der Waals surface area contributed by atoms with E-state index in [4.69, 9.17) is 9.47 Å². The van der Waals surface area contributed by atoms with Crippen LogP contribution in [0.2, 0.25) is 0 Å². The van der Waals surface area contributed by atoms with Crippen LogP contribution < -0.4 is 0 Å². The van der Waals surface area contributed by atoms with Crippen LogP contribution >= 0.6 is 11.8 Å². The molecule has 2 aliphatic rings. The Kier molecular flexibility index (Phi) is 5.40. The first-order valence-corrected chi connectivity index (χ1v) is 11.1. The highest BCUT2D eigenvalue weighted by molar-refractivity contribution is 8.00. The molecular weight excluding hydrogens is 408 g/mol. The van der Waals surface area contributed by atoms with Crippen molar-refractivity contribution >= 4 is 17.5 Å². The van der Waals surface area contributed by atoms with Crippen molar-refractivity contribution in [3.8, 4) is 5.75 Å². The Morgan fingerprint density at radius 3 is 1.94 bits per heavy atom. The van der Waals surface area contributed by atoms with Gasteiger partial charge in [-0.2, -0.15) is 0 Å². The van der Waals surface area contributed by atoms with E-state index in [1.54, 1.807) is 24.3 Å². The van der Waals surface area contributed by atoms with E-state index < -0.39 is 5.79 Å². The number of para-hydroxylation sites is 1. The molecule has 3 aromatic carbocycles. The Morgan fingerprint density at radius 2 is 1.35 bits per heavy atom. The topological polar surface area (TPSA) is 55.8 Å². The molecule has 1 aliphatic heterocycles. The van der Waals surface area contributed by atoms with Crippen molar-refractivity contribution in [2.45, 2.75) is 34.6 Å². The highest BCUT2D eigenvalue weighted by atomic mass is 32.2. The van der Waals surface area contributed by atoms with Gasteiger partial charge in [0.2, 0.25) is 5.79 Å². The summed E-state index contributed by atoms with van der Waals surface area (Å²) in [7, 11) is 0. The predicted octanol–water partition coefficient (Wildman–Crippen LogP) is 5.61. The van der Waals surface area contributed by atoms with Crippen LogP contribution in [-0.2, 0) is 14.3 Å². The number of benzene rings is 3. The SMILES string of the molecule is O=C1C=CC2(O[C@H](c3ccccc3)[C@@H](c3ccccc3)O2)[C@H](Sc2ccccc2O)C1. The summed E-state index contributed by atoms with van der Waals surface area (Å²) in [6.45, 7) is 0. The van der Waals surface area contributed by atoms with Crippen LogP contribution in [-0.4, -0.2) is 21.9 Å². The number of allylic oxidation sites excluding steroid dienone is 1. The van der Waals surface area contributed by atoms with E-state index in [9.17, 15) is 9.90 Å². The Morgan fingerprint density at radius 1 is 0.806 bits per heavy atom. The number of hydrogen-bond donors (Lipinski definition) is 1. The van der Waals surface area contributed by atoms with Crippen LogP contribution in [0.1, 0.15) is 29.8 Å². The number of hydrogen-bond acceptors (Lipinski definition) is 5. The number of ketones is 1. The van der Waals surface area contributed by atoms with Gasteiger partial charge in [-0.1, -0.05) is 72.8 Å². The van der Waals surface area contributed by atoms with Crippen molar-refractivity contribution in [1.82, 2.24) is 0 Å². The fourth-order valence-electron chi connectivity index (χ4n) is 4.09. The van der Waals surface area contributed by atoms with E-state index >= 15 is 0 Å². The lowest BCUT2D eigenvalue weighted by molar-refractivity contribution is -0.147. The number of phenols is 1. The molecule has 156 valence electrons. The van der Waals surface area contributed by atoms with Crippen molar-refractivity contribution < 1.29 is 19.4 Å². The van der Waals surface area contributed by atoms with Crippen molar-refractivity contribution in [3.05, 3.63) is 108 Å². The van der Waals surface area contributed by atoms with Crippen molar-refractivity contribution in [1.29, 1.82) is 0 Å². The van der Waals surface area contributed by atoms with Crippen LogP contribution in [0.5, 0.6) is 5.75 Å². The van der Waals surface area contributed by atoms with Gasteiger partial charge in [0.15, 0.2) is 5.78 Å². The molecule has 5 heteroatoms. The smallest absolute Gasteiger partial charge is 0.202 e. The highest BCUT2D eigenvalue weighted by Crippen LogP contribution is 2.54. The maximum atomic E-state index is 12.3. The number of carbonyl (C=O) groups excluding carboxylic acids is 1. The van der Waals surface area contributed by atoms with Crippen LogP contribution in [0, 0.1) is 0 Å². The monoisotopic (exact) mass is 430 g/mol. The molecule has 3 atom stereocenters. The standard InChI is InChI=1S/C26H22O4S/c27-20-15-16-26(23(17-20)31-22-14-8-7-13-21(22)28)29-24(18-9-3-1-4-10-18)25(30-26)19-11-5-2-6-12-19/h1-16,23-25,28H,17H2/t23-,24-,25-/m1/s1. The average molecular weight is 431 g/mol. The van der Waals surface area contributed by atoms with Gasteiger partial charge in [0.25, 0.3) is 0 Å². The summed E-state index contributed by atoms with van der Waals surface area (Å²) in [6, 6.07) is 27.2. The summed E-state index contributed by atoms with van der Waals surface area (Å²) in [5.41, 5.74) is 2.04. The summed E-state index contributed by atoms with van der Waals surface area (Å²) in [5, 5.41) is 9.96. The van der Waals surface area contributed by atoms with E-state index in [1.165, 1.54) is 11.8 Å². The predicted molar refractivity (Wildman–Crippen MR) is 120 cm³/mol. The molecule has 0 amide bonds. The zero-order valence-corrected chi connectivity index (χ0v) is 17.6. The molecule has 0 aromatic heterocycles.